The highest BCUT2D eigenvalue weighted by atomic mass is 16.6. The highest BCUT2D eigenvalue weighted by molar-refractivity contribution is 5.85. The number of alkyl carbamates (subject to hydrolysis) is 1. The van der Waals surface area contributed by atoms with E-state index in [9.17, 15) is 14.4 Å². The van der Waals surface area contributed by atoms with Crippen LogP contribution in [0.1, 0.15) is 71.8 Å². The number of nitrogens with one attached hydrogen (secondary N) is 2. The molecule has 0 spiro atoms. The smallest absolute Gasteiger partial charge is 0.408 e. The van der Waals surface area contributed by atoms with Crippen molar-refractivity contribution in [3.05, 3.63) is 48.0 Å². The summed E-state index contributed by atoms with van der Waals surface area (Å²) in [5, 5.41) is 5.48. The zero-order valence-corrected chi connectivity index (χ0v) is 19.8. The molecule has 32 heavy (non-hydrogen) atoms. The zero-order valence-electron chi connectivity index (χ0n) is 19.8. The Morgan fingerprint density at radius 3 is 2.41 bits per heavy atom. The summed E-state index contributed by atoms with van der Waals surface area (Å²) in [6, 6.07) is 8.99. The lowest BCUT2D eigenvalue weighted by Gasteiger charge is -2.23. The zero-order chi connectivity index (χ0) is 23.8. The maximum absolute atomic E-state index is 12.4. The Bertz CT molecular complexity index is 726. The lowest BCUT2D eigenvalue weighted by molar-refractivity contribution is -0.145. The summed E-state index contributed by atoms with van der Waals surface area (Å²) in [6.07, 6.45) is 7.24. The molecule has 0 radical (unpaired) electrons. The van der Waals surface area contributed by atoms with Gasteiger partial charge in [0.05, 0.1) is 0 Å². The highest BCUT2D eigenvalue weighted by Crippen LogP contribution is 2.08. The van der Waals surface area contributed by atoms with Crippen LogP contribution in [0.25, 0.3) is 0 Å². The molecule has 1 aromatic rings. The molecule has 7 nitrogen and oxygen atoms in total. The van der Waals surface area contributed by atoms with Gasteiger partial charge in [-0.25, -0.2) is 4.79 Å². The molecular formula is C25H38N2O5. The number of ether oxygens (including phenoxy) is 2. The molecule has 178 valence electrons. The Balaban J connectivity index is 2.17. The van der Waals surface area contributed by atoms with Crippen LogP contribution in [0.2, 0.25) is 0 Å². The van der Waals surface area contributed by atoms with Crippen LogP contribution in [0.4, 0.5) is 4.79 Å². The van der Waals surface area contributed by atoms with Crippen LogP contribution in [0.3, 0.4) is 0 Å². The molecule has 0 aliphatic rings. The number of allylic oxidation sites excluding steroid dienone is 1. The van der Waals surface area contributed by atoms with Gasteiger partial charge in [-0.1, -0.05) is 55.8 Å². The van der Waals surface area contributed by atoms with Gasteiger partial charge in [-0.3, -0.25) is 9.59 Å². The van der Waals surface area contributed by atoms with E-state index in [4.69, 9.17) is 9.47 Å². The van der Waals surface area contributed by atoms with Crippen LogP contribution in [0, 0.1) is 0 Å². The minimum atomic E-state index is -0.610. The van der Waals surface area contributed by atoms with E-state index in [1.54, 1.807) is 20.8 Å². The second-order valence-electron chi connectivity index (χ2n) is 8.58. The first kappa shape index (κ1) is 27.2. The first-order valence-electron chi connectivity index (χ1n) is 11.3. The molecule has 0 aromatic heterocycles. The Morgan fingerprint density at radius 1 is 1.06 bits per heavy atom. The number of rotatable bonds is 13. The molecule has 0 aliphatic carbocycles. The molecular weight excluding hydrogens is 408 g/mol. The number of unbranched alkanes of at least 4 members (excludes halogenated alkanes) is 1. The molecule has 7 heteroatoms. The van der Waals surface area contributed by atoms with E-state index >= 15 is 0 Å². The number of carbonyl (C=O) groups excluding carboxylic acids is 3. The molecule has 2 N–H and O–H groups in total. The maximum atomic E-state index is 12.4. The standard InChI is InChI=1S/C25H38N2O5/c1-5-14-21(27-24(30)32-25(2,3)4)23(29)26-18-13-8-6-7-12-17-22(28)31-19-20-15-10-9-11-16-20/h6,8-11,15-16,21H,5,7,12-14,17-19H2,1-4H3,(H,26,29)(H,27,30)/b8-6-/t21-/m0/s1. The van der Waals surface area contributed by atoms with Crippen molar-refractivity contribution in [3.8, 4) is 0 Å². The second-order valence-corrected chi connectivity index (χ2v) is 8.58. The van der Waals surface area contributed by atoms with Crippen LogP contribution in [-0.2, 0) is 25.7 Å². The van der Waals surface area contributed by atoms with Crippen LogP contribution in [-0.4, -0.2) is 36.2 Å². The van der Waals surface area contributed by atoms with E-state index in [2.05, 4.69) is 10.6 Å². The fourth-order valence-electron chi connectivity index (χ4n) is 2.82. The quantitative estimate of drug-likeness (QED) is 0.261. The van der Waals surface area contributed by atoms with Crippen molar-refractivity contribution < 1.29 is 23.9 Å². The average Bonchev–Trinajstić information content (AvgIpc) is 2.73. The van der Waals surface area contributed by atoms with Crippen molar-refractivity contribution in [1.29, 1.82) is 0 Å². The molecule has 0 bridgehead atoms. The predicted molar refractivity (Wildman–Crippen MR) is 125 cm³/mol. The van der Waals surface area contributed by atoms with E-state index in [1.165, 1.54) is 0 Å². The number of carbonyl (C=O) groups is 3. The van der Waals surface area contributed by atoms with Crippen LogP contribution >= 0.6 is 0 Å². The summed E-state index contributed by atoms with van der Waals surface area (Å²) >= 11 is 0. The van der Waals surface area contributed by atoms with E-state index in [-0.39, 0.29) is 11.9 Å². The third kappa shape index (κ3) is 13.5. The molecule has 1 aromatic carbocycles. The van der Waals surface area contributed by atoms with Crippen LogP contribution < -0.4 is 10.6 Å². The van der Waals surface area contributed by atoms with E-state index in [0.29, 0.717) is 32.4 Å². The van der Waals surface area contributed by atoms with Gasteiger partial charge in [0.1, 0.15) is 18.2 Å². The minimum absolute atomic E-state index is 0.200. The van der Waals surface area contributed by atoms with Gasteiger partial charge in [0.25, 0.3) is 0 Å². The fraction of sp³-hybridized carbons (Fsp3) is 0.560. The number of benzene rings is 1. The first-order chi connectivity index (χ1) is 15.2. The van der Waals surface area contributed by atoms with Gasteiger partial charge in [-0.05, 0) is 52.0 Å². The number of amides is 2. The van der Waals surface area contributed by atoms with Crippen molar-refractivity contribution in [1.82, 2.24) is 10.6 Å². The summed E-state index contributed by atoms with van der Waals surface area (Å²) in [7, 11) is 0. The highest BCUT2D eigenvalue weighted by Gasteiger charge is 2.23. The fourth-order valence-corrected chi connectivity index (χ4v) is 2.82. The Hall–Kier alpha value is -2.83. The SMILES string of the molecule is CCC[C@H](NC(=O)OC(C)(C)C)C(=O)NCC/C=C\CCCC(=O)OCc1ccccc1. The summed E-state index contributed by atoms with van der Waals surface area (Å²) in [6.45, 7) is 8.07. The summed E-state index contributed by atoms with van der Waals surface area (Å²) < 4.78 is 10.5. The van der Waals surface area contributed by atoms with Crippen molar-refractivity contribution >= 4 is 18.0 Å². The lowest BCUT2D eigenvalue weighted by atomic mass is 10.1. The molecule has 1 atom stereocenters. The van der Waals surface area contributed by atoms with Gasteiger partial charge < -0.3 is 20.1 Å². The van der Waals surface area contributed by atoms with Crippen molar-refractivity contribution in [2.75, 3.05) is 6.54 Å². The third-order valence-corrected chi connectivity index (χ3v) is 4.36. The predicted octanol–water partition coefficient (Wildman–Crippen LogP) is 4.66. The Labute approximate surface area is 191 Å². The molecule has 0 fully saturated rings. The lowest BCUT2D eigenvalue weighted by Crippen LogP contribution is -2.48. The van der Waals surface area contributed by atoms with Crippen molar-refractivity contribution in [2.45, 2.75) is 84.5 Å². The van der Waals surface area contributed by atoms with Gasteiger partial charge >= 0.3 is 12.1 Å². The molecule has 0 saturated heterocycles. The second kappa shape index (κ2) is 15.1. The first-order valence-corrected chi connectivity index (χ1v) is 11.3. The number of esters is 1. The molecule has 0 aliphatic heterocycles. The Kier molecular flexibility index (Phi) is 12.8. The number of hydrogen-bond acceptors (Lipinski definition) is 5. The maximum Gasteiger partial charge on any atom is 0.408 e. The summed E-state index contributed by atoms with van der Waals surface area (Å²) in [5.41, 5.74) is 0.367. The molecule has 0 saturated carbocycles. The van der Waals surface area contributed by atoms with E-state index < -0.39 is 17.7 Å². The average molecular weight is 447 g/mol. The molecule has 2 amide bonds. The third-order valence-electron chi connectivity index (χ3n) is 4.36. The molecule has 1 rings (SSSR count). The largest absolute Gasteiger partial charge is 0.461 e. The molecule has 0 unspecified atom stereocenters. The van der Waals surface area contributed by atoms with Gasteiger partial charge in [-0.2, -0.15) is 0 Å². The normalized spacial score (nSPS) is 12.2. The van der Waals surface area contributed by atoms with Gasteiger partial charge in [0.15, 0.2) is 0 Å². The summed E-state index contributed by atoms with van der Waals surface area (Å²) in [5.74, 6) is -0.416. The van der Waals surface area contributed by atoms with Crippen molar-refractivity contribution in [3.63, 3.8) is 0 Å². The van der Waals surface area contributed by atoms with Crippen LogP contribution in [0.15, 0.2) is 42.5 Å². The summed E-state index contributed by atoms with van der Waals surface area (Å²) in [4.78, 5) is 36.0. The van der Waals surface area contributed by atoms with E-state index in [1.807, 2.05) is 49.4 Å². The van der Waals surface area contributed by atoms with Gasteiger partial charge in [-0.15, -0.1) is 0 Å². The topological polar surface area (TPSA) is 93.7 Å². The van der Waals surface area contributed by atoms with Crippen LogP contribution in [0.5, 0.6) is 0 Å². The van der Waals surface area contributed by atoms with Crippen molar-refractivity contribution in [2.24, 2.45) is 0 Å². The number of hydrogen-bond donors (Lipinski definition) is 2. The minimum Gasteiger partial charge on any atom is -0.461 e. The Morgan fingerprint density at radius 2 is 1.75 bits per heavy atom. The van der Waals surface area contributed by atoms with Gasteiger partial charge in [0.2, 0.25) is 5.91 Å². The monoisotopic (exact) mass is 446 g/mol. The van der Waals surface area contributed by atoms with E-state index in [0.717, 1.165) is 24.8 Å². The molecule has 0 heterocycles. The van der Waals surface area contributed by atoms with Gasteiger partial charge in [0, 0.05) is 13.0 Å².